The van der Waals surface area contributed by atoms with E-state index in [0.29, 0.717) is 0 Å². The summed E-state index contributed by atoms with van der Waals surface area (Å²) in [6.45, 7) is 4.96. The third kappa shape index (κ3) is 3.58. The summed E-state index contributed by atoms with van der Waals surface area (Å²) in [7, 11) is 0. The standard InChI is InChI=1S/C11H12F3N5O2/c1-10(2,3)21-9(20)19-7-5-6(15-4-16-7)18-8(17-5)11(12,13)14/h4H,1-3H3,(H2,15,16,17,18,19,20). The Bertz CT molecular complexity index is 675. The van der Waals surface area contributed by atoms with E-state index < -0.39 is 23.7 Å². The highest BCUT2D eigenvalue weighted by Gasteiger charge is 2.35. The van der Waals surface area contributed by atoms with Gasteiger partial charge in [0, 0.05) is 0 Å². The molecule has 2 rings (SSSR count). The zero-order valence-electron chi connectivity index (χ0n) is 11.4. The number of rotatable bonds is 1. The minimum absolute atomic E-state index is 0.129. The van der Waals surface area contributed by atoms with Gasteiger partial charge in [0.15, 0.2) is 11.5 Å². The van der Waals surface area contributed by atoms with Crippen molar-refractivity contribution in [2.75, 3.05) is 5.32 Å². The molecule has 0 bridgehead atoms. The summed E-state index contributed by atoms with van der Waals surface area (Å²) in [5, 5.41) is 2.26. The van der Waals surface area contributed by atoms with E-state index in [1.165, 1.54) is 0 Å². The van der Waals surface area contributed by atoms with Crippen LogP contribution in [0.15, 0.2) is 6.33 Å². The number of anilines is 1. The lowest BCUT2D eigenvalue weighted by molar-refractivity contribution is -0.144. The molecule has 1 amide bonds. The summed E-state index contributed by atoms with van der Waals surface area (Å²) < 4.78 is 42.8. The number of alkyl halides is 3. The molecule has 0 aliphatic carbocycles. The van der Waals surface area contributed by atoms with Crippen molar-refractivity contribution in [1.29, 1.82) is 0 Å². The highest BCUT2D eigenvalue weighted by molar-refractivity contribution is 5.93. The molecule has 0 fully saturated rings. The Kier molecular flexibility index (Phi) is 3.47. The van der Waals surface area contributed by atoms with Crippen molar-refractivity contribution in [3.63, 3.8) is 0 Å². The molecule has 0 saturated carbocycles. The minimum atomic E-state index is -4.65. The highest BCUT2D eigenvalue weighted by Crippen LogP contribution is 2.29. The lowest BCUT2D eigenvalue weighted by Crippen LogP contribution is -2.27. The quantitative estimate of drug-likeness (QED) is 0.845. The smallest absolute Gasteiger partial charge is 0.444 e. The van der Waals surface area contributed by atoms with E-state index in [2.05, 4.69) is 20.3 Å². The molecule has 2 heterocycles. The number of hydrogen-bond donors (Lipinski definition) is 2. The predicted octanol–water partition coefficient (Wildman–Crippen LogP) is 2.72. The number of aromatic nitrogens is 4. The minimum Gasteiger partial charge on any atom is -0.444 e. The van der Waals surface area contributed by atoms with Gasteiger partial charge in [-0.2, -0.15) is 13.2 Å². The second-order valence-electron chi connectivity index (χ2n) is 5.13. The Balaban J connectivity index is 2.32. The molecule has 21 heavy (non-hydrogen) atoms. The van der Waals surface area contributed by atoms with Gasteiger partial charge in [-0.1, -0.05) is 0 Å². The van der Waals surface area contributed by atoms with Gasteiger partial charge in [-0.3, -0.25) is 5.32 Å². The number of aromatic amines is 1. The van der Waals surface area contributed by atoms with Gasteiger partial charge in [-0.15, -0.1) is 0 Å². The first kappa shape index (κ1) is 15.0. The maximum Gasteiger partial charge on any atom is 0.449 e. The van der Waals surface area contributed by atoms with E-state index in [1.807, 2.05) is 4.98 Å². The second-order valence-corrected chi connectivity index (χ2v) is 5.13. The Morgan fingerprint density at radius 3 is 2.52 bits per heavy atom. The fraction of sp³-hybridized carbons (Fsp3) is 0.455. The van der Waals surface area contributed by atoms with Crippen LogP contribution in [0.25, 0.3) is 11.2 Å². The van der Waals surface area contributed by atoms with Gasteiger partial charge in [0.05, 0.1) is 0 Å². The topological polar surface area (TPSA) is 92.8 Å². The number of fused-ring (bicyclic) bond motifs is 1. The first-order valence-electron chi connectivity index (χ1n) is 5.84. The van der Waals surface area contributed by atoms with Crippen molar-refractivity contribution in [2.24, 2.45) is 0 Å². The van der Waals surface area contributed by atoms with Gasteiger partial charge < -0.3 is 9.72 Å². The van der Waals surface area contributed by atoms with Crippen LogP contribution >= 0.6 is 0 Å². The molecule has 0 saturated heterocycles. The molecule has 2 aromatic heterocycles. The third-order valence-corrected chi connectivity index (χ3v) is 2.18. The molecule has 7 nitrogen and oxygen atoms in total. The van der Waals surface area contributed by atoms with Crippen LogP contribution in [0.1, 0.15) is 26.6 Å². The van der Waals surface area contributed by atoms with Crippen molar-refractivity contribution in [1.82, 2.24) is 19.9 Å². The van der Waals surface area contributed by atoms with Crippen molar-refractivity contribution in [3.05, 3.63) is 12.2 Å². The number of halogens is 3. The maximum absolute atomic E-state index is 12.6. The Hall–Kier alpha value is -2.39. The van der Waals surface area contributed by atoms with E-state index in [1.54, 1.807) is 20.8 Å². The molecule has 0 aromatic carbocycles. The van der Waals surface area contributed by atoms with Gasteiger partial charge in [0.2, 0.25) is 5.82 Å². The van der Waals surface area contributed by atoms with E-state index in [-0.39, 0.29) is 17.0 Å². The van der Waals surface area contributed by atoms with Gasteiger partial charge in [-0.25, -0.2) is 19.7 Å². The van der Waals surface area contributed by atoms with Crippen LogP contribution in [0, 0.1) is 0 Å². The first-order chi connectivity index (χ1) is 9.56. The summed E-state index contributed by atoms with van der Waals surface area (Å²) in [5.74, 6) is -1.36. The van der Waals surface area contributed by atoms with E-state index in [9.17, 15) is 18.0 Å². The van der Waals surface area contributed by atoms with Crippen LogP contribution in [0.4, 0.5) is 23.8 Å². The number of imidazole rings is 1. The number of hydrogen-bond acceptors (Lipinski definition) is 5. The number of ether oxygens (including phenoxy) is 1. The van der Waals surface area contributed by atoms with E-state index in [4.69, 9.17) is 4.74 Å². The molecule has 0 aliphatic rings. The fourth-order valence-corrected chi connectivity index (χ4v) is 1.46. The Labute approximate surface area is 116 Å². The molecule has 2 N–H and O–H groups in total. The number of carbonyl (C=O) groups is 1. The average Bonchev–Trinajstić information content (AvgIpc) is 2.70. The predicted molar refractivity (Wildman–Crippen MR) is 66.5 cm³/mol. The van der Waals surface area contributed by atoms with Gasteiger partial charge in [0.25, 0.3) is 0 Å². The summed E-state index contributed by atoms with van der Waals surface area (Å²) in [5.41, 5.74) is -1.08. The fourth-order valence-electron chi connectivity index (χ4n) is 1.46. The van der Waals surface area contributed by atoms with Crippen molar-refractivity contribution in [3.8, 4) is 0 Å². The number of nitrogens with zero attached hydrogens (tertiary/aromatic N) is 3. The van der Waals surface area contributed by atoms with Crippen LogP contribution in [-0.2, 0) is 10.9 Å². The second kappa shape index (κ2) is 4.86. The van der Waals surface area contributed by atoms with Crippen molar-refractivity contribution in [2.45, 2.75) is 32.5 Å². The molecule has 2 aromatic rings. The van der Waals surface area contributed by atoms with Crippen LogP contribution in [0.2, 0.25) is 0 Å². The van der Waals surface area contributed by atoms with Crippen LogP contribution in [-0.4, -0.2) is 31.6 Å². The van der Waals surface area contributed by atoms with Gasteiger partial charge >= 0.3 is 12.3 Å². The van der Waals surface area contributed by atoms with E-state index in [0.717, 1.165) is 6.33 Å². The van der Waals surface area contributed by atoms with Crippen LogP contribution in [0.3, 0.4) is 0 Å². The molecular formula is C11H12F3N5O2. The summed E-state index contributed by atoms with van der Waals surface area (Å²) >= 11 is 0. The molecule has 0 unspecified atom stereocenters. The Morgan fingerprint density at radius 1 is 1.29 bits per heavy atom. The molecule has 0 spiro atoms. The number of amides is 1. The van der Waals surface area contributed by atoms with Gasteiger partial charge in [0.1, 0.15) is 17.4 Å². The third-order valence-electron chi connectivity index (χ3n) is 2.18. The van der Waals surface area contributed by atoms with E-state index >= 15 is 0 Å². The van der Waals surface area contributed by atoms with Crippen LogP contribution in [0.5, 0.6) is 0 Å². The van der Waals surface area contributed by atoms with Gasteiger partial charge in [-0.05, 0) is 20.8 Å². The zero-order valence-corrected chi connectivity index (χ0v) is 11.4. The molecule has 10 heteroatoms. The summed E-state index contributed by atoms with van der Waals surface area (Å²) in [6.07, 6.45) is -4.49. The molecule has 0 aliphatic heterocycles. The normalized spacial score (nSPS) is 12.5. The average molecular weight is 303 g/mol. The number of carbonyl (C=O) groups excluding carboxylic acids is 1. The Morgan fingerprint density at radius 2 is 1.95 bits per heavy atom. The first-order valence-corrected chi connectivity index (χ1v) is 5.84. The monoisotopic (exact) mass is 303 g/mol. The lowest BCUT2D eigenvalue weighted by atomic mass is 10.2. The number of nitrogens with one attached hydrogen (secondary N) is 2. The van der Waals surface area contributed by atoms with Crippen LogP contribution < -0.4 is 5.32 Å². The molecular weight excluding hydrogens is 291 g/mol. The SMILES string of the molecule is CC(C)(C)OC(=O)Nc1ncnc2nc(C(F)(F)F)[nH]c12. The molecule has 0 radical (unpaired) electrons. The summed E-state index contributed by atoms with van der Waals surface area (Å²) in [6, 6.07) is 0. The highest BCUT2D eigenvalue weighted by atomic mass is 19.4. The number of H-pyrrole nitrogens is 1. The van der Waals surface area contributed by atoms with Crippen molar-refractivity contribution < 1.29 is 22.7 Å². The zero-order chi connectivity index (χ0) is 15.8. The molecule has 0 atom stereocenters. The largest absolute Gasteiger partial charge is 0.449 e. The summed E-state index contributed by atoms with van der Waals surface area (Å²) in [4.78, 5) is 24.3. The maximum atomic E-state index is 12.6. The lowest BCUT2D eigenvalue weighted by Gasteiger charge is -2.19. The van der Waals surface area contributed by atoms with Crippen molar-refractivity contribution >= 4 is 23.1 Å². The molecule has 114 valence electrons.